The quantitative estimate of drug-likeness (QED) is 0.858. The second-order valence-electron chi connectivity index (χ2n) is 4.98. The zero-order valence-corrected chi connectivity index (χ0v) is 10.5. The van der Waals surface area contributed by atoms with E-state index in [0.29, 0.717) is 23.3 Å². The number of nitrogens with two attached hydrogens (primary N) is 1. The van der Waals surface area contributed by atoms with Gasteiger partial charge in [0.2, 0.25) is 0 Å². The molecule has 1 aromatic rings. The summed E-state index contributed by atoms with van der Waals surface area (Å²) in [5.74, 6) is 0.922. The Balaban J connectivity index is 2.28. The molecule has 0 saturated carbocycles. The average Bonchev–Trinajstić information content (AvgIpc) is 2.30. The minimum atomic E-state index is -0.253. The summed E-state index contributed by atoms with van der Waals surface area (Å²) in [4.78, 5) is 6.25. The largest absolute Gasteiger partial charge is 0.351 e. The van der Waals surface area contributed by atoms with Crippen LogP contribution in [0.2, 0.25) is 0 Å². The Bertz CT molecular complexity index is 394. The fraction of sp³-hybridized carbons (Fsp3) is 0.615. The fourth-order valence-electron chi connectivity index (χ4n) is 2.55. The highest BCUT2D eigenvalue weighted by Gasteiger charge is 2.26. The number of rotatable bonds is 2. The molecule has 4 heteroatoms. The molecule has 3 nitrogen and oxygen atoms in total. The lowest BCUT2D eigenvalue weighted by Gasteiger charge is -2.37. The molecule has 0 aromatic carbocycles. The third kappa shape index (κ3) is 2.41. The summed E-state index contributed by atoms with van der Waals surface area (Å²) >= 11 is 0. The monoisotopic (exact) mass is 237 g/mol. The Kier molecular flexibility index (Phi) is 3.62. The molecule has 2 heterocycles. The van der Waals surface area contributed by atoms with Gasteiger partial charge in [0.05, 0.1) is 0 Å². The summed E-state index contributed by atoms with van der Waals surface area (Å²) in [7, 11) is 0. The predicted molar refractivity (Wildman–Crippen MR) is 67.3 cm³/mol. The molecule has 0 amide bonds. The van der Waals surface area contributed by atoms with Crippen molar-refractivity contribution in [3.63, 3.8) is 0 Å². The van der Waals surface area contributed by atoms with Crippen LogP contribution in [-0.2, 0) is 6.54 Å². The summed E-state index contributed by atoms with van der Waals surface area (Å²) in [6.07, 6.45) is 3.83. The van der Waals surface area contributed by atoms with Crippen LogP contribution in [0.4, 0.5) is 10.2 Å². The molecule has 2 atom stereocenters. The van der Waals surface area contributed by atoms with Gasteiger partial charge in [0, 0.05) is 30.9 Å². The minimum absolute atomic E-state index is 0.222. The molecule has 0 spiro atoms. The summed E-state index contributed by atoms with van der Waals surface area (Å²) in [6.45, 7) is 5.47. The molecule has 0 aliphatic carbocycles. The second-order valence-corrected chi connectivity index (χ2v) is 4.98. The van der Waals surface area contributed by atoms with Crippen molar-refractivity contribution in [2.24, 2.45) is 11.7 Å². The van der Waals surface area contributed by atoms with Gasteiger partial charge in [-0.1, -0.05) is 6.92 Å². The zero-order valence-electron chi connectivity index (χ0n) is 10.5. The maximum atomic E-state index is 14.1. The van der Waals surface area contributed by atoms with Crippen molar-refractivity contribution in [1.29, 1.82) is 0 Å². The van der Waals surface area contributed by atoms with Crippen LogP contribution in [0.3, 0.4) is 0 Å². The van der Waals surface area contributed by atoms with Gasteiger partial charge in [-0.05, 0) is 31.7 Å². The second kappa shape index (κ2) is 5.00. The molecule has 1 aliphatic rings. The number of pyridine rings is 1. The van der Waals surface area contributed by atoms with Gasteiger partial charge in [0.1, 0.15) is 0 Å². The van der Waals surface area contributed by atoms with Gasteiger partial charge >= 0.3 is 0 Å². The highest BCUT2D eigenvalue weighted by Crippen LogP contribution is 2.28. The van der Waals surface area contributed by atoms with Crippen molar-refractivity contribution in [2.75, 3.05) is 11.4 Å². The normalized spacial score (nSPS) is 25.1. The van der Waals surface area contributed by atoms with Crippen LogP contribution >= 0.6 is 0 Å². The number of anilines is 1. The van der Waals surface area contributed by atoms with E-state index in [0.717, 1.165) is 19.4 Å². The van der Waals surface area contributed by atoms with Crippen LogP contribution in [0.25, 0.3) is 0 Å². The Hall–Kier alpha value is -1.16. The summed E-state index contributed by atoms with van der Waals surface area (Å²) in [5.41, 5.74) is 6.06. The average molecular weight is 237 g/mol. The number of aromatic nitrogens is 1. The molecule has 1 aromatic heterocycles. The van der Waals surface area contributed by atoms with Gasteiger partial charge in [0.15, 0.2) is 11.6 Å². The summed E-state index contributed by atoms with van der Waals surface area (Å²) < 4.78 is 14.1. The van der Waals surface area contributed by atoms with E-state index >= 15 is 0 Å². The first-order valence-electron chi connectivity index (χ1n) is 6.23. The van der Waals surface area contributed by atoms with Crippen LogP contribution in [0.1, 0.15) is 32.3 Å². The molecule has 1 fully saturated rings. The van der Waals surface area contributed by atoms with Crippen LogP contribution < -0.4 is 10.6 Å². The fourth-order valence-corrected chi connectivity index (χ4v) is 2.55. The first kappa shape index (κ1) is 12.3. The van der Waals surface area contributed by atoms with Crippen LogP contribution in [0.5, 0.6) is 0 Å². The number of halogens is 1. The van der Waals surface area contributed by atoms with Crippen molar-refractivity contribution < 1.29 is 4.39 Å². The van der Waals surface area contributed by atoms with Gasteiger partial charge in [-0.2, -0.15) is 0 Å². The molecule has 17 heavy (non-hydrogen) atoms. The molecule has 2 unspecified atom stereocenters. The van der Waals surface area contributed by atoms with E-state index in [-0.39, 0.29) is 12.4 Å². The molecule has 2 rings (SSSR count). The lowest BCUT2D eigenvalue weighted by molar-refractivity contribution is 0.372. The molecule has 1 saturated heterocycles. The molecule has 0 bridgehead atoms. The van der Waals surface area contributed by atoms with Gasteiger partial charge in [-0.25, -0.2) is 9.37 Å². The summed E-state index contributed by atoms with van der Waals surface area (Å²) in [5, 5.41) is 0. The number of piperidine rings is 1. The lowest BCUT2D eigenvalue weighted by Crippen LogP contribution is -2.41. The van der Waals surface area contributed by atoms with Crippen molar-refractivity contribution >= 4 is 5.82 Å². The highest BCUT2D eigenvalue weighted by molar-refractivity contribution is 5.44. The first-order chi connectivity index (χ1) is 8.13. The molecule has 94 valence electrons. The van der Waals surface area contributed by atoms with E-state index in [9.17, 15) is 4.39 Å². The Labute approximate surface area is 102 Å². The molecule has 0 radical (unpaired) electrons. The van der Waals surface area contributed by atoms with E-state index < -0.39 is 0 Å². The lowest BCUT2D eigenvalue weighted by atomic mass is 9.93. The molecule has 2 N–H and O–H groups in total. The van der Waals surface area contributed by atoms with E-state index in [1.807, 2.05) is 0 Å². The van der Waals surface area contributed by atoms with E-state index in [2.05, 4.69) is 23.7 Å². The third-order valence-electron chi connectivity index (χ3n) is 3.58. The van der Waals surface area contributed by atoms with Crippen molar-refractivity contribution in [3.05, 3.63) is 23.6 Å². The van der Waals surface area contributed by atoms with Gasteiger partial charge in [0.25, 0.3) is 0 Å². The van der Waals surface area contributed by atoms with E-state index in [1.54, 1.807) is 12.3 Å². The van der Waals surface area contributed by atoms with Crippen molar-refractivity contribution in [2.45, 2.75) is 39.3 Å². The maximum absolute atomic E-state index is 14.1. The van der Waals surface area contributed by atoms with Crippen molar-refractivity contribution in [1.82, 2.24) is 4.98 Å². The van der Waals surface area contributed by atoms with Crippen molar-refractivity contribution in [3.8, 4) is 0 Å². The van der Waals surface area contributed by atoms with Crippen LogP contribution in [0.15, 0.2) is 12.3 Å². The number of nitrogens with zero attached hydrogens (tertiary/aromatic N) is 2. The number of hydrogen-bond acceptors (Lipinski definition) is 3. The first-order valence-corrected chi connectivity index (χ1v) is 6.23. The Morgan fingerprint density at radius 3 is 2.94 bits per heavy atom. The number of hydrogen-bond donors (Lipinski definition) is 1. The maximum Gasteiger partial charge on any atom is 0.170 e. The zero-order chi connectivity index (χ0) is 12.4. The minimum Gasteiger partial charge on any atom is -0.351 e. The third-order valence-corrected chi connectivity index (χ3v) is 3.58. The Morgan fingerprint density at radius 1 is 1.53 bits per heavy atom. The van der Waals surface area contributed by atoms with Gasteiger partial charge in [-0.3, -0.25) is 0 Å². The van der Waals surface area contributed by atoms with Crippen LogP contribution in [-0.4, -0.2) is 17.6 Å². The SMILES string of the molecule is CC1CCN(c2nccc(CN)c2F)C(C)C1. The van der Waals surface area contributed by atoms with Gasteiger partial charge in [-0.15, -0.1) is 0 Å². The topological polar surface area (TPSA) is 42.2 Å². The van der Waals surface area contributed by atoms with Gasteiger partial charge < -0.3 is 10.6 Å². The highest BCUT2D eigenvalue weighted by atomic mass is 19.1. The van der Waals surface area contributed by atoms with Crippen LogP contribution in [0, 0.1) is 11.7 Å². The molecular weight excluding hydrogens is 217 g/mol. The molecular formula is C13H20FN3. The molecule has 1 aliphatic heterocycles. The smallest absolute Gasteiger partial charge is 0.170 e. The predicted octanol–water partition coefficient (Wildman–Crippen LogP) is 2.30. The van der Waals surface area contributed by atoms with E-state index in [4.69, 9.17) is 5.73 Å². The summed E-state index contributed by atoms with van der Waals surface area (Å²) in [6, 6.07) is 1.99. The standard InChI is InChI=1S/C13H20FN3/c1-9-4-6-17(10(2)7-9)13-12(14)11(8-15)3-5-16-13/h3,5,9-10H,4,6-8,15H2,1-2H3. The van der Waals surface area contributed by atoms with E-state index in [1.165, 1.54) is 0 Å². The Morgan fingerprint density at radius 2 is 2.29 bits per heavy atom.